The van der Waals surface area contributed by atoms with E-state index in [1.54, 1.807) is 54.8 Å². The zero-order valence-corrected chi connectivity index (χ0v) is 21.6. The first-order valence-electron chi connectivity index (χ1n) is 11.9. The highest BCUT2D eigenvalue weighted by molar-refractivity contribution is 6.30. The molecule has 0 spiro atoms. The van der Waals surface area contributed by atoms with Crippen molar-refractivity contribution in [2.45, 2.75) is 45.5 Å². The first-order valence-corrected chi connectivity index (χ1v) is 12.2. The predicted octanol–water partition coefficient (Wildman–Crippen LogP) is 8.85. The second kappa shape index (κ2) is 11.4. The summed E-state index contributed by atoms with van der Waals surface area (Å²) in [4.78, 5) is 0. The monoisotopic (exact) mass is 571 g/mol. The van der Waals surface area contributed by atoms with Crippen molar-refractivity contribution in [3.63, 3.8) is 0 Å². The van der Waals surface area contributed by atoms with Crippen molar-refractivity contribution < 1.29 is 40.6 Å². The van der Waals surface area contributed by atoms with Crippen LogP contribution in [0.5, 0.6) is 17.2 Å². The summed E-state index contributed by atoms with van der Waals surface area (Å²) in [6.07, 6.45) is -9.69. The van der Waals surface area contributed by atoms with E-state index < -0.39 is 25.2 Å². The highest BCUT2D eigenvalue weighted by Crippen LogP contribution is 2.39. The van der Waals surface area contributed by atoms with Gasteiger partial charge in [0.25, 0.3) is 0 Å². The number of alkyl halides is 6. The Labute approximate surface area is 225 Å². The van der Waals surface area contributed by atoms with Gasteiger partial charge in [-0.05, 0) is 67.8 Å². The second-order valence-corrected chi connectivity index (χ2v) is 9.48. The van der Waals surface area contributed by atoms with Gasteiger partial charge in [-0.2, -0.15) is 13.2 Å². The van der Waals surface area contributed by atoms with Gasteiger partial charge in [0.1, 0.15) is 18.1 Å². The number of rotatable bonds is 9. The molecule has 4 rings (SSSR count). The maximum absolute atomic E-state index is 12.9. The number of hydrogen-bond acceptors (Lipinski definition) is 3. The number of hydrogen-bond donors (Lipinski definition) is 0. The number of ether oxygens (including phenoxy) is 3. The van der Waals surface area contributed by atoms with Crippen molar-refractivity contribution in [1.82, 2.24) is 4.57 Å². The highest BCUT2D eigenvalue weighted by atomic mass is 35.5. The van der Waals surface area contributed by atoms with Crippen molar-refractivity contribution in [2.75, 3.05) is 6.61 Å². The molecule has 208 valence electrons. The molecule has 0 saturated heterocycles. The van der Waals surface area contributed by atoms with E-state index in [0.29, 0.717) is 33.1 Å². The third-order valence-electron chi connectivity index (χ3n) is 5.89. The number of benzene rings is 3. The Hall–Kier alpha value is -3.37. The largest absolute Gasteiger partial charge is 0.573 e. The van der Waals surface area contributed by atoms with Crippen LogP contribution in [-0.4, -0.2) is 29.8 Å². The normalized spacial score (nSPS) is 13.1. The molecule has 0 saturated carbocycles. The number of halogens is 7. The average Bonchev–Trinajstić information content (AvgIpc) is 3.08. The smallest absolute Gasteiger partial charge is 0.455 e. The minimum Gasteiger partial charge on any atom is -0.455 e. The molecule has 3 aromatic carbocycles. The molecule has 0 amide bonds. The van der Waals surface area contributed by atoms with Crippen LogP contribution in [-0.2, 0) is 17.7 Å². The third-order valence-corrected chi connectivity index (χ3v) is 6.14. The van der Waals surface area contributed by atoms with Crippen LogP contribution in [0, 0.1) is 6.92 Å². The number of fused-ring (bicyclic) bond motifs is 1. The molecule has 1 unspecified atom stereocenters. The Morgan fingerprint density at radius 1 is 0.872 bits per heavy atom. The van der Waals surface area contributed by atoms with E-state index in [-0.39, 0.29) is 18.7 Å². The molecule has 4 aromatic rings. The van der Waals surface area contributed by atoms with E-state index in [4.69, 9.17) is 21.1 Å². The number of aromatic nitrogens is 1. The molecule has 0 aliphatic heterocycles. The van der Waals surface area contributed by atoms with E-state index in [2.05, 4.69) is 4.74 Å². The standard InChI is InChI=1S/C28H24ClF6NO3/c1-17(37-16-27(30,31)32)12-19-4-3-5-20(13-19)15-36-18(2)26(38-22-8-6-21(29)7-9-22)24-11-10-23(14-25(24)36)39-28(33,34)35/h3-11,13-14,17H,12,15-16H2,1-2H3. The first kappa shape index (κ1) is 28.6. The van der Waals surface area contributed by atoms with Crippen LogP contribution in [0.4, 0.5) is 26.3 Å². The van der Waals surface area contributed by atoms with Crippen LogP contribution < -0.4 is 9.47 Å². The van der Waals surface area contributed by atoms with Crippen molar-refractivity contribution in [3.8, 4) is 17.2 Å². The third kappa shape index (κ3) is 7.83. The van der Waals surface area contributed by atoms with Crippen LogP contribution >= 0.6 is 11.6 Å². The maximum Gasteiger partial charge on any atom is 0.573 e. The van der Waals surface area contributed by atoms with Crippen molar-refractivity contribution >= 4 is 22.5 Å². The van der Waals surface area contributed by atoms with Gasteiger partial charge in [0.2, 0.25) is 0 Å². The summed E-state index contributed by atoms with van der Waals surface area (Å²) in [6.45, 7) is 2.27. The molecule has 0 fully saturated rings. The molecular weight excluding hydrogens is 548 g/mol. The van der Waals surface area contributed by atoms with Crippen molar-refractivity contribution in [3.05, 3.63) is 88.6 Å². The molecule has 4 nitrogen and oxygen atoms in total. The molecule has 11 heteroatoms. The molecule has 0 aliphatic rings. The van der Waals surface area contributed by atoms with Gasteiger partial charge in [-0.25, -0.2) is 0 Å². The number of nitrogens with zero attached hydrogens (tertiary/aromatic N) is 1. The van der Waals surface area contributed by atoms with Crippen molar-refractivity contribution in [1.29, 1.82) is 0 Å². The van der Waals surface area contributed by atoms with Gasteiger partial charge >= 0.3 is 12.5 Å². The lowest BCUT2D eigenvalue weighted by atomic mass is 10.1. The Balaban J connectivity index is 1.67. The van der Waals surface area contributed by atoms with E-state index in [0.717, 1.165) is 11.1 Å². The van der Waals surface area contributed by atoms with E-state index in [1.807, 2.05) is 12.1 Å². The molecule has 0 bridgehead atoms. The van der Waals surface area contributed by atoms with Gasteiger partial charge in [0.15, 0.2) is 5.75 Å². The average molecular weight is 572 g/mol. The Morgan fingerprint density at radius 3 is 2.21 bits per heavy atom. The summed E-state index contributed by atoms with van der Waals surface area (Å²) in [6, 6.07) is 17.9. The fourth-order valence-electron chi connectivity index (χ4n) is 4.24. The SMILES string of the molecule is Cc1c(Oc2ccc(Cl)cc2)c2ccc(OC(F)(F)F)cc2n1Cc1cccc(CC(C)OCC(F)(F)F)c1. The van der Waals surface area contributed by atoms with Crippen LogP contribution in [0.3, 0.4) is 0 Å². The van der Waals surface area contributed by atoms with Gasteiger partial charge in [0.05, 0.1) is 17.3 Å². The lowest BCUT2D eigenvalue weighted by molar-refractivity contribution is -0.274. The van der Waals surface area contributed by atoms with Crippen LogP contribution in [0.1, 0.15) is 23.7 Å². The van der Waals surface area contributed by atoms with Gasteiger partial charge in [-0.3, -0.25) is 0 Å². The maximum atomic E-state index is 12.9. The molecule has 1 atom stereocenters. The summed E-state index contributed by atoms with van der Waals surface area (Å²) < 4.78 is 93.2. The fourth-order valence-corrected chi connectivity index (χ4v) is 4.37. The van der Waals surface area contributed by atoms with E-state index in [1.165, 1.54) is 18.2 Å². The molecule has 0 aliphatic carbocycles. The zero-order chi connectivity index (χ0) is 28.4. The predicted molar refractivity (Wildman–Crippen MR) is 136 cm³/mol. The molecular formula is C28H24ClF6NO3. The van der Waals surface area contributed by atoms with Gasteiger partial charge < -0.3 is 18.8 Å². The summed E-state index contributed by atoms with van der Waals surface area (Å²) in [5.74, 6) is 0.569. The minimum absolute atomic E-state index is 0.254. The van der Waals surface area contributed by atoms with E-state index in [9.17, 15) is 26.3 Å². The first-order chi connectivity index (χ1) is 18.3. The molecule has 39 heavy (non-hydrogen) atoms. The molecule has 0 radical (unpaired) electrons. The topological polar surface area (TPSA) is 32.6 Å². The van der Waals surface area contributed by atoms with E-state index >= 15 is 0 Å². The molecule has 0 N–H and O–H groups in total. The van der Waals surface area contributed by atoms with Crippen LogP contribution in [0.2, 0.25) is 5.02 Å². The summed E-state index contributed by atoms with van der Waals surface area (Å²) >= 11 is 5.96. The van der Waals surface area contributed by atoms with Gasteiger partial charge in [-0.1, -0.05) is 35.9 Å². The quantitative estimate of drug-likeness (QED) is 0.188. The van der Waals surface area contributed by atoms with Gasteiger partial charge in [0, 0.05) is 23.0 Å². The highest BCUT2D eigenvalue weighted by Gasteiger charge is 2.32. The summed E-state index contributed by atoms with van der Waals surface area (Å²) in [7, 11) is 0. The second-order valence-electron chi connectivity index (χ2n) is 9.04. The fraction of sp³-hybridized carbons (Fsp3) is 0.286. The minimum atomic E-state index is -4.86. The zero-order valence-electron chi connectivity index (χ0n) is 20.9. The lowest BCUT2D eigenvalue weighted by Gasteiger charge is -2.16. The van der Waals surface area contributed by atoms with Crippen LogP contribution in [0.25, 0.3) is 10.9 Å². The van der Waals surface area contributed by atoms with Crippen LogP contribution in [0.15, 0.2) is 66.7 Å². The molecule has 1 heterocycles. The lowest BCUT2D eigenvalue weighted by Crippen LogP contribution is -2.22. The molecule has 1 aromatic heterocycles. The Morgan fingerprint density at radius 2 is 1.54 bits per heavy atom. The Kier molecular flexibility index (Phi) is 8.37. The van der Waals surface area contributed by atoms with Gasteiger partial charge in [-0.15, -0.1) is 13.2 Å². The summed E-state index contributed by atoms with van der Waals surface area (Å²) in [5, 5.41) is 1.09. The summed E-state index contributed by atoms with van der Waals surface area (Å²) in [5.41, 5.74) is 2.65. The van der Waals surface area contributed by atoms with Crippen molar-refractivity contribution in [2.24, 2.45) is 0 Å². The Bertz CT molecular complexity index is 1430.